The van der Waals surface area contributed by atoms with Gasteiger partial charge in [0.2, 0.25) is 0 Å². The van der Waals surface area contributed by atoms with Crippen molar-refractivity contribution in [3.63, 3.8) is 0 Å². The molecule has 0 heterocycles. The largest absolute Gasteiger partial charge is 0.482 e. The molecule has 0 radical (unpaired) electrons. The van der Waals surface area contributed by atoms with Gasteiger partial charge in [-0.2, -0.15) is 5.26 Å². The number of carbonyl (C=O) groups excluding carboxylic acids is 1. The van der Waals surface area contributed by atoms with Gasteiger partial charge < -0.3 is 9.64 Å². The highest BCUT2D eigenvalue weighted by Crippen LogP contribution is 2.33. The Morgan fingerprint density at radius 1 is 1.25 bits per heavy atom. The number of fused-ring (bicyclic) bond motifs is 1. The molecular weight excluding hydrogens is 300 g/mol. The van der Waals surface area contributed by atoms with E-state index in [9.17, 15) is 4.79 Å². The van der Waals surface area contributed by atoms with Crippen molar-refractivity contribution in [1.82, 2.24) is 4.90 Å². The van der Waals surface area contributed by atoms with Crippen LogP contribution < -0.4 is 4.74 Å². The topological polar surface area (TPSA) is 53.3 Å². The van der Waals surface area contributed by atoms with E-state index in [2.05, 4.69) is 18.2 Å². The van der Waals surface area contributed by atoms with Crippen molar-refractivity contribution in [3.8, 4) is 11.8 Å². The van der Waals surface area contributed by atoms with Crippen LogP contribution in [0.15, 0.2) is 48.5 Å². The molecule has 2 aromatic rings. The molecule has 122 valence electrons. The molecule has 2 aromatic carbocycles. The monoisotopic (exact) mass is 320 g/mol. The fraction of sp³-hybridized carbons (Fsp3) is 0.300. The van der Waals surface area contributed by atoms with E-state index in [1.54, 1.807) is 29.2 Å². The smallest absolute Gasteiger partial charge is 0.260 e. The molecule has 0 N–H and O–H groups in total. The van der Waals surface area contributed by atoms with Crippen LogP contribution in [0.3, 0.4) is 0 Å². The number of hydrogen-bond donors (Lipinski definition) is 0. The zero-order valence-electron chi connectivity index (χ0n) is 13.7. The average molecular weight is 320 g/mol. The molecular formula is C20H20N2O2. The Hall–Kier alpha value is -2.80. The Morgan fingerprint density at radius 3 is 2.83 bits per heavy atom. The van der Waals surface area contributed by atoms with Gasteiger partial charge in [0.25, 0.3) is 5.91 Å². The molecule has 1 aliphatic rings. The van der Waals surface area contributed by atoms with Crippen LogP contribution in [-0.4, -0.2) is 24.5 Å². The predicted octanol–water partition coefficient (Wildman–Crippen LogP) is 3.47. The third kappa shape index (κ3) is 3.26. The Bertz CT molecular complexity index is 779. The number of amides is 1. The maximum Gasteiger partial charge on any atom is 0.260 e. The van der Waals surface area contributed by atoms with Crippen LogP contribution in [0.1, 0.15) is 35.6 Å². The molecule has 4 heteroatoms. The number of ether oxygens (including phenoxy) is 1. The molecule has 1 unspecified atom stereocenters. The summed E-state index contributed by atoms with van der Waals surface area (Å²) in [4.78, 5) is 14.3. The third-order valence-electron chi connectivity index (χ3n) is 4.56. The second-order valence-corrected chi connectivity index (χ2v) is 6.01. The first-order valence-electron chi connectivity index (χ1n) is 8.16. The van der Waals surface area contributed by atoms with E-state index >= 15 is 0 Å². The van der Waals surface area contributed by atoms with Crippen molar-refractivity contribution >= 4 is 5.91 Å². The number of benzene rings is 2. The van der Waals surface area contributed by atoms with Gasteiger partial charge in [-0.1, -0.05) is 36.4 Å². The van der Waals surface area contributed by atoms with Crippen molar-refractivity contribution < 1.29 is 9.53 Å². The van der Waals surface area contributed by atoms with Gasteiger partial charge in [-0.15, -0.1) is 0 Å². The third-order valence-corrected chi connectivity index (χ3v) is 4.56. The number of para-hydroxylation sites is 1. The highest BCUT2D eigenvalue weighted by molar-refractivity contribution is 5.78. The second-order valence-electron chi connectivity index (χ2n) is 6.01. The summed E-state index contributed by atoms with van der Waals surface area (Å²) in [6.07, 6.45) is 3.12. The van der Waals surface area contributed by atoms with Gasteiger partial charge in [0, 0.05) is 7.05 Å². The lowest BCUT2D eigenvalue weighted by atomic mass is 9.87. The first kappa shape index (κ1) is 16.1. The molecule has 4 nitrogen and oxygen atoms in total. The molecule has 24 heavy (non-hydrogen) atoms. The highest BCUT2D eigenvalue weighted by Gasteiger charge is 2.26. The van der Waals surface area contributed by atoms with Crippen LogP contribution in [0.2, 0.25) is 0 Å². The van der Waals surface area contributed by atoms with Gasteiger partial charge in [-0.3, -0.25) is 4.79 Å². The summed E-state index contributed by atoms with van der Waals surface area (Å²) >= 11 is 0. The van der Waals surface area contributed by atoms with Crippen LogP contribution in [0.25, 0.3) is 0 Å². The molecule has 0 aliphatic heterocycles. The van der Waals surface area contributed by atoms with Gasteiger partial charge in [-0.05, 0) is 42.5 Å². The molecule has 1 aliphatic carbocycles. The van der Waals surface area contributed by atoms with Gasteiger partial charge in [0.05, 0.1) is 11.6 Å². The number of carbonyl (C=O) groups is 1. The molecule has 0 saturated carbocycles. The fourth-order valence-electron chi connectivity index (χ4n) is 3.23. The van der Waals surface area contributed by atoms with E-state index in [0.717, 1.165) is 19.3 Å². The van der Waals surface area contributed by atoms with E-state index < -0.39 is 0 Å². The van der Waals surface area contributed by atoms with Gasteiger partial charge in [0.15, 0.2) is 6.61 Å². The summed E-state index contributed by atoms with van der Waals surface area (Å²) in [6.45, 7) is -0.0616. The molecule has 1 amide bonds. The molecule has 1 atom stereocenters. The van der Waals surface area contributed by atoms with E-state index in [1.807, 2.05) is 19.2 Å². The fourth-order valence-corrected chi connectivity index (χ4v) is 3.23. The van der Waals surface area contributed by atoms with Crippen LogP contribution in [-0.2, 0) is 11.2 Å². The minimum Gasteiger partial charge on any atom is -0.482 e. The lowest BCUT2D eigenvalue weighted by Crippen LogP contribution is -2.36. The molecule has 3 rings (SSSR count). The van der Waals surface area contributed by atoms with Crippen molar-refractivity contribution in [2.75, 3.05) is 13.7 Å². The average Bonchev–Trinajstić information content (AvgIpc) is 2.65. The van der Waals surface area contributed by atoms with Gasteiger partial charge >= 0.3 is 0 Å². The van der Waals surface area contributed by atoms with Crippen LogP contribution in [0.4, 0.5) is 0 Å². The lowest BCUT2D eigenvalue weighted by molar-refractivity contribution is -0.134. The van der Waals surface area contributed by atoms with Crippen molar-refractivity contribution in [2.45, 2.75) is 25.3 Å². The van der Waals surface area contributed by atoms with Gasteiger partial charge in [0.1, 0.15) is 11.8 Å². The zero-order chi connectivity index (χ0) is 16.9. The second kappa shape index (κ2) is 7.18. The summed E-state index contributed by atoms with van der Waals surface area (Å²) in [5.74, 6) is 0.371. The standard InChI is InChI=1S/C20H20N2O2/c1-22(18-11-6-9-15-7-2-4-10-17(15)18)20(23)14-24-19-12-5-3-8-16(19)13-21/h2-5,7-8,10,12,18H,6,9,11,14H2,1H3. The number of likely N-dealkylation sites (N-methyl/N-ethyl adjacent to an activating group) is 1. The van der Waals surface area contributed by atoms with E-state index in [0.29, 0.717) is 11.3 Å². The quantitative estimate of drug-likeness (QED) is 0.866. The van der Waals surface area contributed by atoms with Crippen LogP contribution in [0, 0.1) is 11.3 Å². The number of nitrogens with zero attached hydrogens (tertiary/aromatic N) is 2. The molecule has 0 aromatic heterocycles. The van der Waals surface area contributed by atoms with E-state index in [4.69, 9.17) is 10.00 Å². The number of aryl methyl sites for hydroxylation is 1. The van der Waals surface area contributed by atoms with Crippen LogP contribution in [0.5, 0.6) is 5.75 Å². The minimum absolute atomic E-state index is 0.0616. The SMILES string of the molecule is CN(C(=O)COc1ccccc1C#N)C1CCCc2ccccc21. The van der Waals surface area contributed by atoms with E-state index in [1.165, 1.54) is 11.1 Å². The van der Waals surface area contributed by atoms with Crippen molar-refractivity contribution in [1.29, 1.82) is 5.26 Å². The Labute approximate surface area is 142 Å². The highest BCUT2D eigenvalue weighted by atomic mass is 16.5. The predicted molar refractivity (Wildman–Crippen MR) is 91.5 cm³/mol. The number of rotatable bonds is 4. The minimum atomic E-state index is -0.0792. The summed E-state index contributed by atoms with van der Waals surface area (Å²) in [5.41, 5.74) is 3.00. The molecule has 0 spiro atoms. The Morgan fingerprint density at radius 2 is 2.00 bits per heavy atom. The molecule has 0 saturated heterocycles. The Balaban J connectivity index is 1.69. The van der Waals surface area contributed by atoms with Crippen molar-refractivity contribution in [2.24, 2.45) is 0 Å². The van der Waals surface area contributed by atoms with Crippen LogP contribution >= 0.6 is 0 Å². The summed E-state index contributed by atoms with van der Waals surface area (Å²) in [7, 11) is 1.83. The summed E-state index contributed by atoms with van der Waals surface area (Å²) in [6, 6.07) is 17.4. The summed E-state index contributed by atoms with van der Waals surface area (Å²) in [5, 5.41) is 9.08. The number of nitriles is 1. The normalized spacial score (nSPS) is 15.9. The molecule has 0 bridgehead atoms. The van der Waals surface area contributed by atoms with Gasteiger partial charge in [-0.25, -0.2) is 0 Å². The first-order valence-corrected chi connectivity index (χ1v) is 8.16. The van der Waals surface area contributed by atoms with E-state index in [-0.39, 0.29) is 18.6 Å². The Kier molecular flexibility index (Phi) is 4.81. The van der Waals surface area contributed by atoms with Crippen molar-refractivity contribution in [3.05, 3.63) is 65.2 Å². The summed E-state index contributed by atoms with van der Waals surface area (Å²) < 4.78 is 5.58. The maximum atomic E-state index is 12.5. The first-order chi connectivity index (χ1) is 11.7. The lowest BCUT2D eigenvalue weighted by Gasteiger charge is -2.33. The number of hydrogen-bond acceptors (Lipinski definition) is 3. The zero-order valence-corrected chi connectivity index (χ0v) is 13.7. The maximum absolute atomic E-state index is 12.5. The molecule has 0 fully saturated rings.